The molecule has 1 aliphatic rings. The molecule has 1 heterocycles. The fraction of sp³-hybridized carbons (Fsp3) is 0.464. The van der Waals surface area contributed by atoms with Crippen LogP contribution in [-0.2, 0) is 23.8 Å². The molecule has 212 valence electrons. The molecule has 11 nitrogen and oxygen atoms in total. The van der Waals surface area contributed by atoms with Crippen molar-refractivity contribution in [3.05, 3.63) is 60.2 Å². The van der Waals surface area contributed by atoms with E-state index in [0.717, 1.165) is 18.2 Å². The average molecular weight is 545 g/mol. The Morgan fingerprint density at radius 2 is 1.72 bits per heavy atom. The minimum atomic E-state index is -2.06. The van der Waals surface area contributed by atoms with Gasteiger partial charge in [-0.2, -0.15) is 0 Å². The van der Waals surface area contributed by atoms with E-state index >= 15 is 0 Å². The Labute approximate surface area is 227 Å². The summed E-state index contributed by atoms with van der Waals surface area (Å²) >= 11 is 0. The second-order valence-electron chi connectivity index (χ2n) is 9.38. The second-order valence-corrected chi connectivity index (χ2v) is 9.38. The first-order valence-electron chi connectivity index (χ1n) is 12.8. The monoisotopic (exact) mass is 544 g/mol. The van der Waals surface area contributed by atoms with Gasteiger partial charge >= 0.3 is 5.97 Å². The molecule has 0 aromatic heterocycles. The van der Waals surface area contributed by atoms with Crippen molar-refractivity contribution in [2.24, 2.45) is 0 Å². The lowest BCUT2D eigenvalue weighted by atomic mass is 9.88. The minimum Gasteiger partial charge on any atom is -0.465 e. The molecular weight excluding hydrogens is 508 g/mol. The number of aliphatic hydroxyl groups is 3. The van der Waals surface area contributed by atoms with Crippen LogP contribution in [0.25, 0.3) is 11.1 Å². The van der Waals surface area contributed by atoms with Crippen molar-refractivity contribution >= 4 is 17.8 Å². The Hall–Kier alpha value is -3.35. The van der Waals surface area contributed by atoms with Crippen LogP contribution in [0, 0.1) is 0 Å². The van der Waals surface area contributed by atoms with E-state index in [4.69, 9.17) is 14.2 Å². The van der Waals surface area contributed by atoms with Gasteiger partial charge in [0.25, 0.3) is 11.7 Å². The van der Waals surface area contributed by atoms with Crippen molar-refractivity contribution in [1.82, 2.24) is 10.6 Å². The number of methoxy groups -OCH3 is 1. The molecule has 0 spiro atoms. The van der Waals surface area contributed by atoms with Gasteiger partial charge in [0.2, 0.25) is 5.91 Å². The van der Waals surface area contributed by atoms with Crippen molar-refractivity contribution in [2.75, 3.05) is 20.3 Å². The van der Waals surface area contributed by atoms with Crippen LogP contribution in [0.5, 0.6) is 0 Å². The number of rotatable bonds is 11. The molecule has 39 heavy (non-hydrogen) atoms. The Bertz CT molecular complexity index is 1110. The summed E-state index contributed by atoms with van der Waals surface area (Å²) in [5.41, 5.74) is 2.27. The minimum absolute atomic E-state index is 0.0805. The average Bonchev–Trinajstić information content (AvgIpc) is 2.95. The van der Waals surface area contributed by atoms with Gasteiger partial charge < -0.3 is 40.2 Å². The highest BCUT2D eigenvalue weighted by molar-refractivity contribution is 5.94. The molecule has 3 rings (SSSR count). The molecule has 6 atom stereocenters. The van der Waals surface area contributed by atoms with Crippen LogP contribution in [0.15, 0.2) is 54.6 Å². The molecule has 1 aliphatic heterocycles. The molecule has 0 unspecified atom stereocenters. The predicted octanol–water partition coefficient (Wildman–Crippen LogP) is 0.756. The van der Waals surface area contributed by atoms with Crippen LogP contribution in [0.4, 0.5) is 0 Å². The van der Waals surface area contributed by atoms with E-state index in [0.29, 0.717) is 12.0 Å². The van der Waals surface area contributed by atoms with Crippen molar-refractivity contribution in [2.45, 2.75) is 62.9 Å². The van der Waals surface area contributed by atoms with E-state index < -0.39 is 54.0 Å². The van der Waals surface area contributed by atoms with Crippen molar-refractivity contribution in [1.29, 1.82) is 0 Å². The third-order valence-corrected chi connectivity index (χ3v) is 6.44. The lowest BCUT2D eigenvalue weighted by Gasteiger charge is -2.47. The zero-order valence-corrected chi connectivity index (χ0v) is 22.2. The number of hydrogen-bond donors (Lipinski definition) is 5. The number of esters is 1. The third-order valence-electron chi connectivity index (χ3n) is 6.44. The van der Waals surface area contributed by atoms with Crippen LogP contribution < -0.4 is 10.6 Å². The zero-order chi connectivity index (χ0) is 28.6. The number of nitrogens with one attached hydrogen (secondary N) is 2. The molecule has 2 aromatic rings. The van der Waals surface area contributed by atoms with Crippen LogP contribution in [-0.4, -0.2) is 89.6 Å². The maximum Gasteiger partial charge on any atom is 0.366 e. The zero-order valence-electron chi connectivity index (χ0n) is 22.2. The number of aliphatic hydroxyl groups excluding tert-OH is 3. The fourth-order valence-electron chi connectivity index (χ4n) is 4.45. The normalized spacial score (nSPS) is 24.3. The van der Waals surface area contributed by atoms with Gasteiger partial charge in [0.1, 0.15) is 12.2 Å². The maximum atomic E-state index is 12.7. The highest BCUT2D eigenvalue weighted by atomic mass is 16.7. The van der Waals surface area contributed by atoms with Crippen LogP contribution in [0.2, 0.25) is 0 Å². The highest BCUT2D eigenvalue weighted by Gasteiger charge is 2.56. The van der Waals surface area contributed by atoms with Crippen LogP contribution in [0.1, 0.15) is 37.0 Å². The Kier molecular flexibility index (Phi) is 10.6. The molecule has 2 amide bonds. The third kappa shape index (κ3) is 7.40. The van der Waals surface area contributed by atoms with Gasteiger partial charge in [-0.25, -0.2) is 4.79 Å². The van der Waals surface area contributed by atoms with Gasteiger partial charge in [-0.3, -0.25) is 9.59 Å². The molecular formula is C28H36N2O9. The van der Waals surface area contributed by atoms with E-state index in [1.54, 1.807) is 31.2 Å². The largest absolute Gasteiger partial charge is 0.465 e. The SMILES string of the molecule is CCCO[C@]1(C(=O)OC)C[C@H](O)[C@@H](NC(C)=O)[C@H]([C@H](O)[C@H](O)CNC(=O)c2ccc(-c3ccccc3)cc2)O1. The summed E-state index contributed by atoms with van der Waals surface area (Å²) in [6.07, 6.45) is -6.06. The standard InChI is InChI=1S/C28H36N2O9/c1-4-14-38-28(27(36)37-3)15-21(32)23(30-17(2)31)25(39-28)24(34)22(33)16-29-26(35)20-12-10-19(11-13-20)18-8-6-5-7-9-18/h5-13,21-25,32-34H,4,14-16H2,1-3H3,(H,29,35)(H,30,31)/t21-,22+,23+,24+,25+,28+/m0/s1. The smallest absolute Gasteiger partial charge is 0.366 e. The van der Waals surface area contributed by atoms with E-state index in [9.17, 15) is 29.7 Å². The van der Waals surface area contributed by atoms with Gasteiger partial charge in [0.15, 0.2) is 0 Å². The second kappa shape index (κ2) is 13.6. The summed E-state index contributed by atoms with van der Waals surface area (Å²) in [5.74, 6) is -4.01. The van der Waals surface area contributed by atoms with Crippen molar-refractivity contribution in [3.63, 3.8) is 0 Å². The molecule has 1 fully saturated rings. The number of carbonyl (C=O) groups excluding carboxylic acids is 3. The number of carbonyl (C=O) groups is 3. The van der Waals surface area contributed by atoms with E-state index in [1.165, 1.54) is 6.92 Å². The fourth-order valence-corrected chi connectivity index (χ4v) is 4.45. The number of amides is 2. The van der Waals surface area contributed by atoms with Crippen molar-refractivity contribution < 1.29 is 43.9 Å². The highest BCUT2D eigenvalue weighted by Crippen LogP contribution is 2.34. The molecule has 0 radical (unpaired) electrons. The summed E-state index contributed by atoms with van der Waals surface area (Å²) in [4.78, 5) is 37.1. The molecule has 11 heteroatoms. The summed E-state index contributed by atoms with van der Waals surface area (Å²) in [7, 11) is 1.12. The summed E-state index contributed by atoms with van der Waals surface area (Å²) in [5, 5.41) is 37.6. The Balaban J connectivity index is 1.72. The maximum absolute atomic E-state index is 12.7. The quantitative estimate of drug-likeness (QED) is 0.257. The van der Waals surface area contributed by atoms with Gasteiger partial charge in [-0.15, -0.1) is 0 Å². The molecule has 2 aromatic carbocycles. The van der Waals surface area contributed by atoms with Gasteiger partial charge in [0, 0.05) is 25.5 Å². The van der Waals surface area contributed by atoms with Crippen LogP contribution in [0.3, 0.4) is 0 Å². The predicted molar refractivity (Wildman–Crippen MR) is 140 cm³/mol. The first kappa shape index (κ1) is 30.2. The summed E-state index contributed by atoms with van der Waals surface area (Å²) in [6.45, 7) is 2.71. The molecule has 1 saturated heterocycles. The number of ether oxygens (including phenoxy) is 3. The summed E-state index contributed by atoms with van der Waals surface area (Å²) in [6, 6.07) is 15.3. The van der Waals surface area contributed by atoms with Gasteiger partial charge in [0.05, 0.1) is 32.0 Å². The van der Waals surface area contributed by atoms with Gasteiger partial charge in [-0.05, 0) is 29.7 Å². The Morgan fingerprint density at radius 3 is 2.31 bits per heavy atom. The lowest BCUT2D eigenvalue weighted by molar-refractivity contribution is -0.311. The first-order chi connectivity index (χ1) is 18.6. The molecule has 5 N–H and O–H groups in total. The lowest BCUT2D eigenvalue weighted by Crippen LogP contribution is -2.68. The first-order valence-corrected chi connectivity index (χ1v) is 12.8. The van der Waals surface area contributed by atoms with Gasteiger partial charge in [-0.1, -0.05) is 49.4 Å². The molecule has 0 bridgehead atoms. The van der Waals surface area contributed by atoms with E-state index in [-0.39, 0.29) is 19.6 Å². The van der Waals surface area contributed by atoms with Crippen LogP contribution >= 0.6 is 0 Å². The number of hydrogen-bond acceptors (Lipinski definition) is 9. The Morgan fingerprint density at radius 1 is 1.08 bits per heavy atom. The number of benzene rings is 2. The summed E-state index contributed by atoms with van der Waals surface area (Å²) < 4.78 is 16.3. The topological polar surface area (TPSA) is 164 Å². The van der Waals surface area contributed by atoms with E-state index in [1.807, 2.05) is 30.3 Å². The molecule has 0 aliphatic carbocycles. The molecule has 0 saturated carbocycles. The van der Waals surface area contributed by atoms with Crippen molar-refractivity contribution in [3.8, 4) is 11.1 Å². The van der Waals surface area contributed by atoms with E-state index in [2.05, 4.69) is 10.6 Å².